The van der Waals surface area contributed by atoms with E-state index in [0.29, 0.717) is 5.92 Å². The molecule has 2 fully saturated rings. The van der Waals surface area contributed by atoms with Crippen LogP contribution in [0, 0.1) is 5.92 Å². The molecule has 0 aromatic rings. The molecule has 2 rings (SSSR count). The first-order valence-electron chi connectivity index (χ1n) is 5.99. The number of aliphatic hydroxyl groups is 1. The summed E-state index contributed by atoms with van der Waals surface area (Å²) in [6.45, 7) is 1.90. The van der Waals surface area contributed by atoms with Gasteiger partial charge in [0.1, 0.15) is 0 Å². The summed E-state index contributed by atoms with van der Waals surface area (Å²) >= 11 is 0. The van der Waals surface area contributed by atoms with Crippen LogP contribution in [-0.2, 0) is 17.1 Å². The molecule has 1 nitrogen and oxygen atoms in total. The van der Waals surface area contributed by atoms with E-state index in [4.69, 9.17) is 5.11 Å². The summed E-state index contributed by atoms with van der Waals surface area (Å²) in [5, 5.41) is 9.05. The van der Waals surface area contributed by atoms with E-state index >= 15 is 0 Å². The van der Waals surface area contributed by atoms with Crippen LogP contribution in [-0.4, -0.2) is 11.2 Å². The molecule has 0 spiro atoms. The monoisotopic (exact) mass is 240 g/mol. The zero-order chi connectivity index (χ0) is 9.52. The van der Waals surface area contributed by atoms with Gasteiger partial charge in [-0.05, 0) is 25.7 Å². The van der Waals surface area contributed by atoms with E-state index in [9.17, 15) is 0 Å². The molecule has 0 aromatic carbocycles. The maximum Gasteiger partial charge on any atom is 0.0540 e. The van der Waals surface area contributed by atoms with Gasteiger partial charge in [-0.25, -0.2) is 0 Å². The van der Waals surface area contributed by atoms with Crippen molar-refractivity contribution >= 4 is 0 Å². The largest absolute Gasteiger partial charge is 0.393 e. The Morgan fingerprint density at radius 2 is 1.21 bits per heavy atom. The first-order valence-corrected chi connectivity index (χ1v) is 5.99. The third kappa shape index (κ3) is 6.06. The van der Waals surface area contributed by atoms with Gasteiger partial charge in [0.15, 0.2) is 0 Å². The normalized spacial score (nSPS) is 23.6. The molecular formula is C12H24FeO. The molecule has 0 amide bonds. The van der Waals surface area contributed by atoms with E-state index < -0.39 is 0 Å². The molecule has 14 heavy (non-hydrogen) atoms. The molecule has 86 valence electrons. The summed E-state index contributed by atoms with van der Waals surface area (Å²) in [6.07, 6.45) is 12.6. The van der Waals surface area contributed by atoms with Crippen LogP contribution in [0.25, 0.3) is 0 Å². The van der Waals surface area contributed by atoms with Gasteiger partial charge in [-0.1, -0.05) is 44.9 Å². The summed E-state index contributed by atoms with van der Waals surface area (Å²) in [5.74, 6) is 0.620. The Hall–Kier alpha value is 0.479. The van der Waals surface area contributed by atoms with Crippen molar-refractivity contribution in [3.05, 3.63) is 0 Å². The number of rotatable bonds is 1. The molecule has 0 aliphatic heterocycles. The summed E-state index contributed by atoms with van der Waals surface area (Å²) in [4.78, 5) is 0. The molecule has 1 atom stereocenters. The van der Waals surface area contributed by atoms with Gasteiger partial charge in [0.05, 0.1) is 6.10 Å². The van der Waals surface area contributed by atoms with Gasteiger partial charge in [0.25, 0.3) is 0 Å². The predicted molar refractivity (Wildman–Crippen MR) is 56.7 cm³/mol. The Labute approximate surface area is 99.1 Å². The van der Waals surface area contributed by atoms with Crippen molar-refractivity contribution in [1.29, 1.82) is 0 Å². The van der Waals surface area contributed by atoms with E-state index in [2.05, 4.69) is 0 Å². The molecule has 1 unspecified atom stereocenters. The average molecular weight is 240 g/mol. The predicted octanol–water partition coefficient (Wildman–Crippen LogP) is 3.51. The fourth-order valence-electron chi connectivity index (χ4n) is 2.32. The van der Waals surface area contributed by atoms with Crippen LogP contribution in [0.4, 0.5) is 0 Å². The van der Waals surface area contributed by atoms with Gasteiger partial charge >= 0.3 is 0 Å². The van der Waals surface area contributed by atoms with Gasteiger partial charge in [-0.2, -0.15) is 0 Å². The Morgan fingerprint density at radius 3 is 1.43 bits per heavy atom. The molecule has 0 aromatic heterocycles. The average Bonchev–Trinajstić information content (AvgIpc) is 2.82. The molecule has 2 aliphatic carbocycles. The van der Waals surface area contributed by atoms with Crippen molar-refractivity contribution in [1.82, 2.24) is 0 Å². The number of aliphatic hydroxyl groups excluding tert-OH is 1. The maximum absolute atomic E-state index is 9.05. The van der Waals surface area contributed by atoms with E-state index in [1.807, 2.05) is 6.92 Å². The van der Waals surface area contributed by atoms with Crippen LogP contribution in [0.15, 0.2) is 0 Å². The third-order valence-corrected chi connectivity index (χ3v) is 3.33. The Balaban J connectivity index is 0.000000246. The summed E-state index contributed by atoms with van der Waals surface area (Å²) < 4.78 is 0. The second-order valence-electron chi connectivity index (χ2n) is 4.55. The van der Waals surface area contributed by atoms with E-state index in [1.165, 1.54) is 57.8 Å². The summed E-state index contributed by atoms with van der Waals surface area (Å²) in [5.41, 5.74) is 0. The molecule has 0 bridgehead atoms. The van der Waals surface area contributed by atoms with Crippen molar-refractivity contribution in [3.63, 3.8) is 0 Å². The van der Waals surface area contributed by atoms with Gasteiger partial charge in [0.2, 0.25) is 0 Å². The maximum atomic E-state index is 9.05. The minimum absolute atomic E-state index is 0. The second-order valence-corrected chi connectivity index (χ2v) is 4.55. The van der Waals surface area contributed by atoms with Crippen molar-refractivity contribution in [2.75, 3.05) is 0 Å². The van der Waals surface area contributed by atoms with E-state index in [1.54, 1.807) is 0 Å². The topological polar surface area (TPSA) is 20.2 Å². The van der Waals surface area contributed by atoms with Crippen LogP contribution in [0.3, 0.4) is 0 Å². The quantitative estimate of drug-likeness (QED) is 0.695. The molecule has 2 saturated carbocycles. The zero-order valence-electron chi connectivity index (χ0n) is 9.32. The minimum Gasteiger partial charge on any atom is -0.393 e. The second kappa shape index (κ2) is 8.76. The zero-order valence-corrected chi connectivity index (χ0v) is 10.4. The molecular weight excluding hydrogens is 216 g/mol. The fraction of sp³-hybridized carbons (Fsp3) is 1.00. The smallest absolute Gasteiger partial charge is 0.0540 e. The van der Waals surface area contributed by atoms with Crippen molar-refractivity contribution < 1.29 is 22.2 Å². The van der Waals surface area contributed by atoms with Crippen molar-refractivity contribution in [3.8, 4) is 0 Å². The molecule has 0 saturated heterocycles. The van der Waals surface area contributed by atoms with Gasteiger partial charge in [0, 0.05) is 17.1 Å². The van der Waals surface area contributed by atoms with E-state index in [0.717, 1.165) is 0 Å². The molecule has 0 heterocycles. The Bertz CT molecular complexity index is 108. The van der Waals surface area contributed by atoms with Crippen molar-refractivity contribution in [2.45, 2.75) is 70.8 Å². The third-order valence-electron chi connectivity index (χ3n) is 3.33. The summed E-state index contributed by atoms with van der Waals surface area (Å²) in [6, 6.07) is 0. The number of hydrogen-bond donors (Lipinski definition) is 1. The molecule has 2 aliphatic rings. The van der Waals surface area contributed by atoms with Crippen LogP contribution in [0.2, 0.25) is 0 Å². The van der Waals surface area contributed by atoms with Crippen molar-refractivity contribution in [2.24, 2.45) is 5.92 Å². The molecule has 2 heteroatoms. The Kier molecular flexibility index (Phi) is 9.06. The number of hydrogen-bond acceptors (Lipinski definition) is 1. The van der Waals surface area contributed by atoms with E-state index in [-0.39, 0.29) is 23.2 Å². The fourth-order valence-corrected chi connectivity index (χ4v) is 2.32. The standard InChI is InChI=1S/C7H14O.C5H10.Fe/c1-6(8)7-4-2-3-5-7;1-2-4-5-3-1;/h6-8H,2-5H2,1H3;1-5H2;. The SMILES string of the molecule is C1CCCC1.CC(O)C1CCCC1.[Fe]. The first-order chi connectivity index (χ1) is 6.30. The summed E-state index contributed by atoms with van der Waals surface area (Å²) in [7, 11) is 0. The van der Waals surface area contributed by atoms with Crippen LogP contribution in [0.5, 0.6) is 0 Å². The van der Waals surface area contributed by atoms with Gasteiger partial charge in [-0.15, -0.1) is 0 Å². The van der Waals surface area contributed by atoms with Gasteiger partial charge < -0.3 is 5.11 Å². The molecule has 0 radical (unpaired) electrons. The Morgan fingerprint density at radius 1 is 0.857 bits per heavy atom. The van der Waals surface area contributed by atoms with Crippen LogP contribution >= 0.6 is 0 Å². The molecule has 1 N–H and O–H groups in total. The van der Waals surface area contributed by atoms with Gasteiger partial charge in [-0.3, -0.25) is 0 Å². The first kappa shape index (κ1) is 14.5. The minimum atomic E-state index is -0.0579. The van der Waals surface area contributed by atoms with Crippen LogP contribution in [0.1, 0.15) is 64.7 Å². The van der Waals surface area contributed by atoms with Crippen LogP contribution < -0.4 is 0 Å².